The van der Waals surface area contributed by atoms with Crippen LogP contribution in [0.3, 0.4) is 0 Å². The molecule has 3 rings (SSSR count). The van der Waals surface area contributed by atoms with Crippen LogP contribution in [0.15, 0.2) is 0 Å². The van der Waals surface area contributed by atoms with Crippen molar-refractivity contribution in [1.82, 2.24) is 10.2 Å². The second-order valence-corrected chi connectivity index (χ2v) is 5.40. The molecule has 0 bridgehead atoms. The number of carbonyl (C=O) groups excluding carboxylic acids is 1. The molecule has 3 aliphatic rings. The molecular weight excluding hydrogens is 188 g/mol. The first-order valence-electron chi connectivity index (χ1n) is 6.28. The van der Waals surface area contributed by atoms with E-state index in [1.165, 1.54) is 25.9 Å². The Bertz CT molecular complexity index is 279. The summed E-state index contributed by atoms with van der Waals surface area (Å²) in [6, 6.07) is 1.43. The van der Waals surface area contributed by atoms with E-state index < -0.39 is 0 Å². The Morgan fingerprint density at radius 1 is 1.33 bits per heavy atom. The number of fused-ring (bicyclic) bond motifs is 3. The lowest BCUT2D eigenvalue weighted by atomic mass is 9.77. The van der Waals surface area contributed by atoms with Gasteiger partial charge in [0.2, 0.25) is 0 Å². The number of hydrogen-bond acceptors (Lipinski definition) is 3. The Morgan fingerprint density at radius 2 is 2.20 bits per heavy atom. The molecule has 0 aromatic carbocycles. The van der Waals surface area contributed by atoms with Crippen LogP contribution in [-0.2, 0) is 4.79 Å². The van der Waals surface area contributed by atoms with Crippen molar-refractivity contribution in [3.05, 3.63) is 0 Å². The molecule has 3 fully saturated rings. The van der Waals surface area contributed by atoms with Crippen LogP contribution < -0.4 is 5.32 Å². The second kappa shape index (κ2) is 3.56. The number of nitrogens with zero attached hydrogens (tertiary/aromatic N) is 1. The van der Waals surface area contributed by atoms with Gasteiger partial charge in [0.25, 0.3) is 0 Å². The van der Waals surface area contributed by atoms with E-state index in [4.69, 9.17) is 0 Å². The minimum atomic E-state index is 0.303. The Hall–Kier alpha value is -0.410. The fraction of sp³-hybridized carbons (Fsp3) is 0.917. The highest BCUT2D eigenvalue weighted by molar-refractivity contribution is 5.84. The fourth-order valence-corrected chi connectivity index (χ4v) is 3.78. The van der Waals surface area contributed by atoms with E-state index in [1.54, 1.807) is 0 Å². The smallest absolute Gasteiger partial charge is 0.140 e. The number of piperidine rings is 2. The molecular formula is C12H20N2O. The minimum absolute atomic E-state index is 0.303. The summed E-state index contributed by atoms with van der Waals surface area (Å²) in [6.45, 7) is 4.55. The SMILES string of the molecule is C[C@@H]1CC(=O)[C@@H]2[C@H]3CCCN3CC[C@H]2N1. The number of hydrogen-bond donors (Lipinski definition) is 1. The van der Waals surface area contributed by atoms with E-state index >= 15 is 0 Å². The molecule has 0 aromatic heterocycles. The zero-order chi connectivity index (χ0) is 10.4. The van der Waals surface area contributed by atoms with Crippen LogP contribution in [0.5, 0.6) is 0 Å². The first-order valence-corrected chi connectivity index (χ1v) is 6.28. The highest BCUT2D eigenvalue weighted by Crippen LogP contribution is 2.35. The number of Topliss-reactive ketones (excluding diaryl/α,β-unsaturated/α-hetero) is 1. The van der Waals surface area contributed by atoms with Crippen molar-refractivity contribution in [2.45, 2.75) is 50.7 Å². The fourth-order valence-electron chi connectivity index (χ4n) is 3.78. The minimum Gasteiger partial charge on any atom is -0.310 e. The van der Waals surface area contributed by atoms with Crippen LogP contribution in [0.25, 0.3) is 0 Å². The summed E-state index contributed by atoms with van der Waals surface area (Å²) in [7, 11) is 0. The van der Waals surface area contributed by atoms with Crippen molar-refractivity contribution >= 4 is 5.78 Å². The predicted octanol–water partition coefficient (Wildman–Crippen LogP) is 0.790. The first kappa shape index (κ1) is 9.79. The standard InChI is InChI=1S/C12H20N2O/c1-8-7-11(15)12-9(13-8)4-6-14-5-2-3-10(12)14/h8-10,12-13H,2-7H2,1H3/t8-,9-,10-,12+/m1/s1. The summed E-state index contributed by atoms with van der Waals surface area (Å²) >= 11 is 0. The average Bonchev–Trinajstić information content (AvgIpc) is 2.63. The van der Waals surface area contributed by atoms with Gasteiger partial charge >= 0.3 is 0 Å². The van der Waals surface area contributed by atoms with E-state index in [1.807, 2.05) is 0 Å². The lowest BCUT2D eigenvalue weighted by Crippen LogP contribution is -2.61. The summed E-state index contributed by atoms with van der Waals surface area (Å²) in [4.78, 5) is 14.7. The van der Waals surface area contributed by atoms with Gasteiger partial charge < -0.3 is 5.32 Å². The molecule has 3 saturated heterocycles. The van der Waals surface area contributed by atoms with Crippen LogP contribution in [0.4, 0.5) is 0 Å². The lowest BCUT2D eigenvalue weighted by molar-refractivity contribution is -0.130. The molecule has 0 spiro atoms. The van der Waals surface area contributed by atoms with Crippen molar-refractivity contribution in [2.24, 2.45) is 5.92 Å². The summed E-state index contributed by atoms with van der Waals surface area (Å²) in [5.74, 6) is 0.820. The monoisotopic (exact) mass is 208 g/mol. The molecule has 15 heavy (non-hydrogen) atoms. The third-order valence-corrected chi connectivity index (χ3v) is 4.37. The zero-order valence-corrected chi connectivity index (χ0v) is 9.41. The van der Waals surface area contributed by atoms with Crippen LogP contribution in [-0.4, -0.2) is 41.9 Å². The van der Waals surface area contributed by atoms with Gasteiger partial charge in [-0.25, -0.2) is 0 Å². The van der Waals surface area contributed by atoms with Gasteiger partial charge in [-0.2, -0.15) is 0 Å². The predicted molar refractivity (Wildman–Crippen MR) is 58.7 cm³/mol. The van der Waals surface area contributed by atoms with Crippen LogP contribution >= 0.6 is 0 Å². The van der Waals surface area contributed by atoms with Crippen molar-refractivity contribution in [2.75, 3.05) is 13.1 Å². The quantitative estimate of drug-likeness (QED) is 0.639. The molecule has 3 aliphatic heterocycles. The molecule has 4 atom stereocenters. The molecule has 3 nitrogen and oxygen atoms in total. The molecule has 0 saturated carbocycles. The topological polar surface area (TPSA) is 32.3 Å². The Kier molecular flexibility index (Phi) is 2.33. The molecule has 0 aromatic rings. The number of rotatable bonds is 0. The van der Waals surface area contributed by atoms with Crippen molar-refractivity contribution in [1.29, 1.82) is 0 Å². The Morgan fingerprint density at radius 3 is 3.07 bits per heavy atom. The first-order chi connectivity index (χ1) is 7.25. The second-order valence-electron chi connectivity index (χ2n) is 5.40. The third-order valence-electron chi connectivity index (χ3n) is 4.37. The van der Waals surface area contributed by atoms with E-state index in [9.17, 15) is 4.79 Å². The van der Waals surface area contributed by atoms with Gasteiger partial charge in [0.15, 0.2) is 0 Å². The molecule has 3 heterocycles. The molecule has 0 radical (unpaired) electrons. The maximum absolute atomic E-state index is 12.1. The van der Waals surface area contributed by atoms with E-state index in [-0.39, 0.29) is 0 Å². The van der Waals surface area contributed by atoms with E-state index in [0.29, 0.717) is 29.8 Å². The molecule has 0 unspecified atom stereocenters. The van der Waals surface area contributed by atoms with Crippen molar-refractivity contribution in [3.8, 4) is 0 Å². The van der Waals surface area contributed by atoms with Crippen LogP contribution in [0.2, 0.25) is 0 Å². The summed E-state index contributed by atoms with van der Waals surface area (Å²) in [6.07, 6.45) is 4.43. The van der Waals surface area contributed by atoms with Gasteiger partial charge in [0.05, 0.1) is 0 Å². The summed E-state index contributed by atoms with van der Waals surface area (Å²) in [5.41, 5.74) is 0. The maximum Gasteiger partial charge on any atom is 0.140 e. The molecule has 1 N–H and O–H groups in total. The van der Waals surface area contributed by atoms with Crippen LogP contribution in [0.1, 0.15) is 32.6 Å². The van der Waals surface area contributed by atoms with Crippen molar-refractivity contribution < 1.29 is 4.79 Å². The molecule has 3 heteroatoms. The maximum atomic E-state index is 12.1. The van der Waals surface area contributed by atoms with Gasteiger partial charge in [-0.15, -0.1) is 0 Å². The third kappa shape index (κ3) is 1.53. The van der Waals surface area contributed by atoms with Crippen LogP contribution in [0, 0.1) is 5.92 Å². The van der Waals surface area contributed by atoms with E-state index in [0.717, 1.165) is 12.8 Å². The normalized spacial score (nSPS) is 46.3. The Labute approximate surface area is 91.2 Å². The van der Waals surface area contributed by atoms with Gasteiger partial charge in [0.1, 0.15) is 5.78 Å². The van der Waals surface area contributed by atoms with Gasteiger partial charge in [-0.05, 0) is 39.3 Å². The number of ketones is 1. The van der Waals surface area contributed by atoms with E-state index in [2.05, 4.69) is 17.1 Å². The zero-order valence-electron chi connectivity index (χ0n) is 9.41. The Balaban J connectivity index is 1.83. The summed E-state index contributed by atoms with van der Waals surface area (Å²) in [5, 5.41) is 3.61. The van der Waals surface area contributed by atoms with Crippen molar-refractivity contribution in [3.63, 3.8) is 0 Å². The van der Waals surface area contributed by atoms with Gasteiger partial charge in [-0.1, -0.05) is 0 Å². The van der Waals surface area contributed by atoms with Gasteiger partial charge in [0, 0.05) is 30.5 Å². The highest BCUT2D eigenvalue weighted by Gasteiger charge is 2.46. The lowest BCUT2D eigenvalue weighted by Gasteiger charge is -2.45. The molecule has 84 valence electrons. The number of carbonyl (C=O) groups is 1. The number of nitrogens with one attached hydrogen (secondary N) is 1. The molecule has 0 amide bonds. The summed E-state index contributed by atoms with van der Waals surface area (Å²) < 4.78 is 0. The average molecular weight is 208 g/mol. The molecule has 0 aliphatic carbocycles. The highest BCUT2D eigenvalue weighted by atomic mass is 16.1. The largest absolute Gasteiger partial charge is 0.310 e. The van der Waals surface area contributed by atoms with Gasteiger partial charge in [-0.3, -0.25) is 9.69 Å².